The van der Waals surface area contributed by atoms with Gasteiger partial charge in [0.1, 0.15) is 10.7 Å². The summed E-state index contributed by atoms with van der Waals surface area (Å²) >= 11 is 1.01. The van der Waals surface area contributed by atoms with E-state index in [0.717, 1.165) is 23.0 Å². The van der Waals surface area contributed by atoms with Gasteiger partial charge < -0.3 is 4.90 Å². The minimum atomic E-state index is -0.346. The molecule has 0 N–H and O–H groups in total. The number of fused-ring (bicyclic) bond motifs is 1. The fraction of sp³-hybridized carbons (Fsp3) is 0.200. The second-order valence-electron chi connectivity index (χ2n) is 3.05. The summed E-state index contributed by atoms with van der Waals surface area (Å²) in [4.78, 5) is 13.3. The van der Waals surface area contributed by atoms with Gasteiger partial charge in [0.05, 0.1) is 0 Å². The van der Waals surface area contributed by atoms with Crippen LogP contribution in [0.4, 0.5) is 5.69 Å². The van der Waals surface area contributed by atoms with Crippen LogP contribution in [-0.4, -0.2) is 13.0 Å². The lowest BCUT2D eigenvalue weighted by molar-refractivity contribution is -0.117. The van der Waals surface area contributed by atoms with Gasteiger partial charge in [0.2, 0.25) is 5.91 Å². The van der Waals surface area contributed by atoms with Crippen molar-refractivity contribution in [2.75, 3.05) is 11.9 Å². The first-order chi connectivity index (χ1) is 6.75. The van der Waals surface area contributed by atoms with Gasteiger partial charge in [-0.25, -0.2) is 0 Å². The zero-order valence-electron chi connectivity index (χ0n) is 7.60. The minimum absolute atomic E-state index is 0.0160. The number of thiocyanates is 1. The Hall–Kier alpha value is -1.47. The van der Waals surface area contributed by atoms with E-state index in [1.54, 1.807) is 11.9 Å². The molecular weight excluding hydrogens is 196 g/mol. The van der Waals surface area contributed by atoms with E-state index >= 15 is 0 Å². The zero-order chi connectivity index (χ0) is 10.1. The highest BCUT2D eigenvalue weighted by molar-refractivity contribution is 8.04. The highest BCUT2D eigenvalue weighted by atomic mass is 32.2. The molecular formula is C10H8N2OS. The maximum absolute atomic E-state index is 11.7. The van der Waals surface area contributed by atoms with E-state index in [4.69, 9.17) is 5.26 Å². The molecule has 1 amide bonds. The summed E-state index contributed by atoms with van der Waals surface area (Å²) in [6.45, 7) is 0. The van der Waals surface area contributed by atoms with Gasteiger partial charge in [-0.15, -0.1) is 0 Å². The van der Waals surface area contributed by atoms with Crippen LogP contribution < -0.4 is 4.90 Å². The monoisotopic (exact) mass is 204 g/mol. The van der Waals surface area contributed by atoms with Crippen molar-refractivity contribution in [2.45, 2.75) is 5.25 Å². The smallest absolute Gasteiger partial charge is 0.245 e. The highest BCUT2D eigenvalue weighted by Gasteiger charge is 2.35. The van der Waals surface area contributed by atoms with Gasteiger partial charge in [-0.05, 0) is 23.4 Å². The van der Waals surface area contributed by atoms with Crippen molar-refractivity contribution in [3.8, 4) is 5.40 Å². The van der Waals surface area contributed by atoms with Gasteiger partial charge in [-0.3, -0.25) is 4.79 Å². The number of likely N-dealkylation sites (N-methyl/N-ethyl adjacent to an activating group) is 1. The standard InChI is InChI=1S/C10H8N2OS/c1-12-8-5-3-2-4-7(8)9(10(12)13)14-6-11/h2-5,9H,1H3. The number of para-hydroxylation sites is 1. The van der Waals surface area contributed by atoms with E-state index in [1.165, 1.54) is 0 Å². The van der Waals surface area contributed by atoms with Crippen molar-refractivity contribution in [1.82, 2.24) is 0 Å². The molecule has 3 nitrogen and oxygen atoms in total. The van der Waals surface area contributed by atoms with Crippen LogP contribution in [-0.2, 0) is 4.79 Å². The van der Waals surface area contributed by atoms with Gasteiger partial charge >= 0.3 is 0 Å². The number of hydrogen-bond acceptors (Lipinski definition) is 3. The van der Waals surface area contributed by atoms with Crippen molar-refractivity contribution in [3.63, 3.8) is 0 Å². The lowest BCUT2D eigenvalue weighted by atomic mass is 10.2. The third-order valence-corrected chi connectivity index (χ3v) is 3.10. The average Bonchev–Trinajstić information content (AvgIpc) is 2.45. The predicted octanol–water partition coefficient (Wildman–Crippen LogP) is 1.92. The molecule has 1 unspecified atom stereocenters. The maximum Gasteiger partial charge on any atom is 0.245 e. The number of hydrogen-bond donors (Lipinski definition) is 0. The lowest BCUT2D eigenvalue weighted by Gasteiger charge is -2.08. The quantitative estimate of drug-likeness (QED) is 0.656. The predicted molar refractivity (Wildman–Crippen MR) is 55.8 cm³/mol. The van der Waals surface area contributed by atoms with Crippen molar-refractivity contribution in [1.29, 1.82) is 5.26 Å². The molecule has 0 saturated carbocycles. The largest absolute Gasteiger partial charge is 0.314 e. The van der Waals surface area contributed by atoms with Crippen molar-refractivity contribution in [2.24, 2.45) is 0 Å². The molecule has 1 aliphatic rings. The molecule has 1 atom stereocenters. The number of nitrogens with zero attached hydrogens (tertiary/aromatic N) is 2. The summed E-state index contributed by atoms with van der Waals surface area (Å²) < 4.78 is 0. The van der Waals surface area contributed by atoms with Gasteiger partial charge in [0, 0.05) is 12.7 Å². The number of nitriles is 1. The Balaban J connectivity index is 2.49. The van der Waals surface area contributed by atoms with E-state index in [1.807, 2.05) is 29.7 Å². The number of carbonyl (C=O) groups excluding carboxylic acids is 1. The zero-order valence-corrected chi connectivity index (χ0v) is 8.41. The maximum atomic E-state index is 11.7. The first-order valence-corrected chi connectivity index (χ1v) is 5.05. The molecule has 0 fully saturated rings. The van der Waals surface area contributed by atoms with Gasteiger partial charge in [0.25, 0.3) is 0 Å². The number of anilines is 1. The molecule has 0 spiro atoms. The molecule has 0 saturated heterocycles. The van der Waals surface area contributed by atoms with Crippen LogP contribution in [0.1, 0.15) is 10.8 Å². The Kier molecular flexibility index (Phi) is 2.18. The van der Waals surface area contributed by atoms with Crippen LogP contribution in [0, 0.1) is 10.7 Å². The Morgan fingerprint density at radius 1 is 1.50 bits per heavy atom. The molecule has 2 rings (SSSR count). The van der Waals surface area contributed by atoms with Crippen molar-refractivity contribution < 1.29 is 4.79 Å². The first-order valence-electron chi connectivity index (χ1n) is 4.17. The molecule has 0 bridgehead atoms. The van der Waals surface area contributed by atoms with Crippen LogP contribution in [0.2, 0.25) is 0 Å². The van der Waals surface area contributed by atoms with E-state index in [0.29, 0.717) is 0 Å². The fourth-order valence-electron chi connectivity index (χ4n) is 1.61. The summed E-state index contributed by atoms with van der Waals surface area (Å²) in [6.07, 6.45) is 0. The summed E-state index contributed by atoms with van der Waals surface area (Å²) in [5.74, 6) is -0.0160. The molecule has 1 aromatic rings. The third-order valence-electron chi connectivity index (χ3n) is 2.31. The van der Waals surface area contributed by atoms with E-state index in [9.17, 15) is 4.79 Å². The normalized spacial score (nSPS) is 19.3. The molecule has 0 aliphatic carbocycles. The van der Waals surface area contributed by atoms with Crippen LogP contribution in [0.25, 0.3) is 0 Å². The molecule has 1 aliphatic heterocycles. The van der Waals surface area contributed by atoms with E-state index in [2.05, 4.69) is 0 Å². The molecule has 1 aromatic carbocycles. The molecule has 14 heavy (non-hydrogen) atoms. The summed E-state index contributed by atoms with van der Waals surface area (Å²) in [6, 6.07) is 7.56. The second-order valence-corrected chi connectivity index (χ2v) is 3.93. The number of amides is 1. The third kappa shape index (κ3) is 1.17. The van der Waals surface area contributed by atoms with E-state index in [-0.39, 0.29) is 11.2 Å². The molecule has 0 aromatic heterocycles. The van der Waals surface area contributed by atoms with Gasteiger partial charge in [0.15, 0.2) is 0 Å². The number of rotatable bonds is 1. The minimum Gasteiger partial charge on any atom is -0.314 e. The van der Waals surface area contributed by atoms with Gasteiger partial charge in [-0.2, -0.15) is 5.26 Å². The van der Waals surface area contributed by atoms with Crippen LogP contribution in [0.5, 0.6) is 0 Å². The van der Waals surface area contributed by atoms with Crippen LogP contribution in [0.3, 0.4) is 0 Å². The van der Waals surface area contributed by atoms with Crippen LogP contribution in [0.15, 0.2) is 24.3 Å². The van der Waals surface area contributed by atoms with Crippen molar-refractivity contribution >= 4 is 23.4 Å². The number of benzene rings is 1. The lowest BCUT2D eigenvalue weighted by Crippen LogP contribution is -2.22. The first kappa shape index (κ1) is 9.10. The van der Waals surface area contributed by atoms with Crippen molar-refractivity contribution in [3.05, 3.63) is 29.8 Å². The second kappa shape index (κ2) is 3.35. The molecule has 4 heteroatoms. The Morgan fingerprint density at radius 2 is 2.21 bits per heavy atom. The molecule has 1 heterocycles. The SMILES string of the molecule is CN1C(=O)C(SC#N)c2ccccc21. The van der Waals surface area contributed by atoms with E-state index < -0.39 is 0 Å². The summed E-state index contributed by atoms with van der Waals surface area (Å²) in [5.41, 5.74) is 1.84. The molecule has 70 valence electrons. The topological polar surface area (TPSA) is 44.1 Å². The highest BCUT2D eigenvalue weighted by Crippen LogP contribution is 2.42. The fourth-order valence-corrected chi connectivity index (χ4v) is 2.30. The Labute approximate surface area is 86.3 Å². The average molecular weight is 204 g/mol. The Bertz CT molecular complexity index is 424. The Morgan fingerprint density at radius 3 is 2.93 bits per heavy atom. The van der Waals surface area contributed by atoms with Gasteiger partial charge in [-0.1, -0.05) is 18.2 Å². The number of carbonyl (C=O) groups is 1. The molecule has 0 radical (unpaired) electrons. The number of thioether (sulfide) groups is 1. The summed E-state index contributed by atoms with van der Waals surface area (Å²) in [5, 5.41) is 10.2. The summed E-state index contributed by atoms with van der Waals surface area (Å²) in [7, 11) is 1.74. The van der Waals surface area contributed by atoms with Crippen LogP contribution >= 0.6 is 11.8 Å².